The molecule has 6 aromatic rings. The van der Waals surface area contributed by atoms with E-state index in [1.807, 2.05) is 56.3 Å². The maximum Gasteiger partial charge on any atom is 0.121 e. The quantitative estimate of drug-likeness (QED) is 0.0824. The van der Waals surface area contributed by atoms with Crippen molar-refractivity contribution in [2.24, 2.45) is 5.92 Å². The van der Waals surface area contributed by atoms with E-state index in [-0.39, 0.29) is 23.3 Å². The summed E-state index contributed by atoms with van der Waals surface area (Å²) in [6.07, 6.45) is 28.6. The lowest BCUT2D eigenvalue weighted by molar-refractivity contribution is 0.384. The number of phenolic OH excluding ortho intramolecular Hbond substituents is 3. The Morgan fingerprint density at radius 2 is 0.922 bits per heavy atom. The maximum absolute atomic E-state index is 10.3. The predicted molar refractivity (Wildman–Crippen MR) is 267 cm³/mol. The van der Waals surface area contributed by atoms with Crippen molar-refractivity contribution in [2.75, 3.05) is 0 Å². The van der Waals surface area contributed by atoms with E-state index in [1.165, 1.54) is 27.8 Å². The minimum absolute atomic E-state index is 0.00564. The van der Waals surface area contributed by atoms with Crippen molar-refractivity contribution >= 4 is 36.5 Å². The normalized spacial score (nSPS) is 15.8. The van der Waals surface area contributed by atoms with Crippen molar-refractivity contribution in [1.29, 1.82) is 0 Å². The molecule has 2 atom stereocenters. The molecule has 0 aliphatic heterocycles. The van der Waals surface area contributed by atoms with Gasteiger partial charge in [0.1, 0.15) is 17.2 Å². The van der Waals surface area contributed by atoms with Crippen LogP contribution in [0.25, 0.3) is 36.5 Å². The highest BCUT2D eigenvalue weighted by Crippen LogP contribution is 2.45. The van der Waals surface area contributed by atoms with Gasteiger partial charge in [-0.3, -0.25) is 0 Å². The highest BCUT2D eigenvalue weighted by Gasteiger charge is 2.30. The molecule has 0 aromatic heterocycles. The van der Waals surface area contributed by atoms with Crippen LogP contribution in [0.5, 0.6) is 17.2 Å². The van der Waals surface area contributed by atoms with E-state index < -0.39 is 0 Å². The molecule has 0 saturated carbocycles. The average molecular weight is 841 g/mol. The number of hydrogen-bond acceptors (Lipinski definition) is 4. The summed E-state index contributed by atoms with van der Waals surface area (Å²) in [6.45, 7) is 3.87. The molecule has 0 heterocycles. The third-order valence-corrected chi connectivity index (χ3v) is 12.6. The summed E-state index contributed by atoms with van der Waals surface area (Å²) in [5.74, 6) is 1.79. The molecule has 0 saturated heterocycles. The Balaban J connectivity index is 1.15. The van der Waals surface area contributed by atoms with Crippen LogP contribution < -0.4 is 0 Å². The Hall–Kier alpha value is -7.30. The molecule has 320 valence electrons. The van der Waals surface area contributed by atoms with Gasteiger partial charge in [-0.2, -0.15) is 0 Å². The smallest absolute Gasteiger partial charge is 0.121 e. The van der Waals surface area contributed by atoms with Crippen molar-refractivity contribution in [1.82, 2.24) is 0 Å². The first kappa shape index (κ1) is 43.4. The van der Waals surface area contributed by atoms with Crippen LogP contribution in [0, 0.1) is 19.8 Å². The fourth-order valence-corrected chi connectivity index (χ4v) is 8.81. The largest absolute Gasteiger partial charge is 0.512 e. The van der Waals surface area contributed by atoms with Gasteiger partial charge in [-0.15, -0.1) is 0 Å². The summed E-state index contributed by atoms with van der Waals surface area (Å²) in [5, 5.41) is 39.8. The number of allylic oxidation sites excluding steroid dienone is 8. The first-order valence-electron chi connectivity index (χ1n) is 22.3. The molecule has 2 aliphatic carbocycles. The number of phenols is 3. The van der Waals surface area contributed by atoms with E-state index in [2.05, 4.69) is 134 Å². The molecule has 0 fully saturated rings. The number of aromatic hydroxyl groups is 3. The zero-order valence-corrected chi connectivity index (χ0v) is 36.6. The number of aliphatic hydroxyl groups excluding tert-OH is 1. The molecule has 0 bridgehead atoms. The van der Waals surface area contributed by atoms with Gasteiger partial charge < -0.3 is 20.4 Å². The number of hydrogen-bond donors (Lipinski definition) is 4. The summed E-state index contributed by atoms with van der Waals surface area (Å²) in [6, 6.07) is 45.3. The van der Waals surface area contributed by atoms with Crippen molar-refractivity contribution in [3.8, 4) is 17.2 Å². The maximum atomic E-state index is 10.3. The van der Waals surface area contributed by atoms with Gasteiger partial charge in [0, 0.05) is 18.3 Å². The Kier molecular flexibility index (Phi) is 13.7. The highest BCUT2D eigenvalue weighted by molar-refractivity contribution is 5.73. The molecule has 0 spiro atoms. The standard InChI is InChI=1S/C60H56O4/c1-41-39-50(40-42(2)60(41)64)10-9-46-17-31-54(32-18-46)59(53-29-15-45(16-30-53)5-8-49-23-37-57(63)38-24-49)58(51-25-11-43(12-26-51)3-6-47-19-33-55(61)34-20-47)52-27-13-44(14-28-52)4-7-48-21-35-56(62)36-22-48/h3-4,6-7,9-15,17-23,25-37,39-40,45,58-59,61-64H,5,8,16,24,38H2,1-2H3/b6-3+,7-4+,10-9+. The molecule has 64 heavy (non-hydrogen) atoms. The SMILES string of the molecule is Cc1cc(/C=C/c2ccc(C(C3=CCC(CCC4=CC=C(O)CC4)C=C3)C(c3ccc(/C=C/c4ccc(O)cc4)cc3)c3ccc(/C=C/c4ccc(O)cc4)cc3)cc2)cc(C)c1O. The third-order valence-electron chi connectivity index (χ3n) is 12.6. The van der Waals surface area contributed by atoms with Gasteiger partial charge in [-0.05, 0) is 155 Å². The first-order chi connectivity index (χ1) is 31.1. The molecule has 4 nitrogen and oxygen atoms in total. The van der Waals surface area contributed by atoms with Crippen molar-refractivity contribution in [2.45, 2.75) is 57.8 Å². The van der Waals surface area contributed by atoms with E-state index in [9.17, 15) is 20.4 Å². The van der Waals surface area contributed by atoms with E-state index in [0.717, 1.165) is 76.6 Å². The minimum Gasteiger partial charge on any atom is -0.512 e. The molecule has 6 aromatic carbocycles. The van der Waals surface area contributed by atoms with Crippen molar-refractivity contribution < 1.29 is 20.4 Å². The number of benzene rings is 6. The van der Waals surface area contributed by atoms with E-state index >= 15 is 0 Å². The van der Waals surface area contributed by atoms with Crippen LogP contribution in [0.2, 0.25) is 0 Å². The Morgan fingerprint density at radius 1 is 0.500 bits per heavy atom. The van der Waals surface area contributed by atoms with Crippen LogP contribution in [-0.4, -0.2) is 20.4 Å². The third kappa shape index (κ3) is 11.2. The summed E-state index contributed by atoms with van der Waals surface area (Å²) in [5.41, 5.74) is 14.5. The van der Waals surface area contributed by atoms with Crippen LogP contribution >= 0.6 is 0 Å². The lowest BCUT2D eigenvalue weighted by Gasteiger charge is -2.32. The van der Waals surface area contributed by atoms with Crippen LogP contribution in [0.3, 0.4) is 0 Å². The fraction of sp³-hybridized carbons (Fsp3) is 0.167. The van der Waals surface area contributed by atoms with Gasteiger partial charge in [0.2, 0.25) is 0 Å². The summed E-state index contributed by atoms with van der Waals surface area (Å²) < 4.78 is 0. The zero-order valence-electron chi connectivity index (χ0n) is 36.6. The van der Waals surface area contributed by atoms with Gasteiger partial charge >= 0.3 is 0 Å². The first-order valence-corrected chi connectivity index (χ1v) is 22.3. The van der Waals surface area contributed by atoms with Crippen LogP contribution in [0.4, 0.5) is 0 Å². The molecule has 8 rings (SSSR count). The molecular formula is C60H56O4. The Morgan fingerprint density at radius 3 is 1.33 bits per heavy atom. The van der Waals surface area contributed by atoms with Gasteiger partial charge in [0.15, 0.2) is 0 Å². The predicted octanol–water partition coefficient (Wildman–Crippen LogP) is 15.3. The van der Waals surface area contributed by atoms with Crippen LogP contribution in [0.15, 0.2) is 181 Å². The molecule has 2 aliphatic rings. The summed E-state index contributed by atoms with van der Waals surface area (Å²) >= 11 is 0. The van der Waals surface area contributed by atoms with E-state index in [0.29, 0.717) is 17.4 Å². The topological polar surface area (TPSA) is 80.9 Å². The number of aliphatic hydroxyl groups is 1. The molecular weight excluding hydrogens is 785 g/mol. The fourth-order valence-electron chi connectivity index (χ4n) is 8.81. The zero-order chi connectivity index (χ0) is 44.4. The highest BCUT2D eigenvalue weighted by atomic mass is 16.3. The summed E-state index contributed by atoms with van der Waals surface area (Å²) in [7, 11) is 0. The summed E-state index contributed by atoms with van der Waals surface area (Å²) in [4.78, 5) is 0. The molecule has 0 amide bonds. The second-order valence-electron chi connectivity index (χ2n) is 17.2. The van der Waals surface area contributed by atoms with Gasteiger partial charge in [0.05, 0.1) is 5.76 Å². The van der Waals surface area contributed by atoms with Crippen LogP contribution in [0.1, 0.15) is 105 Å². The monoisotopic (exact) mass is 840 g/mol. The minimum atomic E-state index is -0.00564. The van der Waals surface area contributed by atoms with Crippen molar-refractivity contribution in [3.05, 3.63) is 242 Å². The molecule has 0 radical (unpaired) electrons. The Labute approximate surface area is 378 Å². The van der Waals surface area contributed by atoms with E-state index in [4.69, 9.17) is 0 Å². The second-order valence-corrected chi connectivity index (χ2v) is 17.2. The average Bonchev–Trinajstić information content (AvgIpc) is 3.32. The molecule has 4 N–H and O–H groups in total. The number of aryl methyl sites for hydroxylation is 2. The lowest BCUT2D eigenvalue weighted by atomic mass is 9.71. The Bertz CT molecular complexity index is 2640. The van der Waals surface area contributed by atoms with Crippen LogP contribution in [-0.2, 0) is 0 Å². The van der Waals surface area contributed by atoms with Crippen molar-refractivity contribution in [3.63, 3.8) is 0 Å². The molecule has 4 heteroatoms. The van der Waals surface area contributed by atoms with Gasteiger partial charge in [0.25, 0.3) is 0 Å². The van der Waals surface area contributed by atoms with Gasteiger partial charge in [-0.1, -0.05) is 163 Å². The lowest BCUT2D eigenvalue weighted by Crippen LogP contribution is -2.17. The van der Waals surface area contributed by atoms with E-state index in [1.54, 1.807) is 24.3 Å². The van der Waals surface area contributed by atoms with Gasteiger partial charge in [-0.25, -0.2) is 0 Å². The number of rotatable bonds is 14. The molecule has 2 unspecified atom stereocenters. The second kappa shape index (κ2) is 20.3.